The molecule has 1 aromatic rings. The highest BCUT2D eigenvalue weighted by Gasteiger charge is 2.19. The van der Waals surface area contributed by atoms with Crippen LogP contribution in [0.3, 0.4) is 0 Å². The van der Waals surface area contributed by atoms with Crippen molar-refractivity contribution in [2.75, 3.05) is 0 Å². The van der Waals surface area contributed by atoms with E-state index in [0.717, 1.165) is 23.5 Å². The molecule has 1 amide bonds. The highest BCUT2D eigenvalue weighted by Crippen LogP contribution is 2.16. The second-order valence-corrected chi connectivity index (χ2v) is 5.44. The molecule has 20 heavy (non-hydrogen) atoms. The minimum Gasteiger partial charge on any atom is -0.452 e. The number of aryl methyl sites for hydroxylation is 1. The molecule has 0 aliphatic rings. The summed E-state index contributed by atoms with van der Waals surface area (Å²) in [7, 11) is 0. The van der Waals surface area contributed by atoms with Crippen molar-refractivity contribution in [3.05, 3.63) is 17.0 Å². The topological polar surface area (TPSA) is 87.2 Å². The third-order valence-electron chi connectivity index (χ3n) is 3.10. The number of hydrogen-bond donors (Lipinski definition) is 1. The molecule has 0 aromatic carbocycles. The largest absolute Gasteiger partial charge is 0.452 e. The first-order valence-electron chi connectivity index (χ1n) is 6.74. The predicted molar refractivity (Wildman–Crippen MR) is 75.0 cm³/mol. The Hall–Kier alpha value is -1.85. The summed E-state index contributed by atoms with van der Waals surface area (Å²) < 4.78 is 6.87. The fraction of sp³-hybridized carbons (Fsp3) is 0.643. The molecule has 2 N–H and O–H groups in total. The summed E-state index contributed by atoms with van der Waals surface area (Å²) in [6, 6.07) is 0. The first kappa shape index (κ1) is 16.2. The molecule has 0 saturated heterocycles. The van der Waals surface area contributed by atoms with Gasteiger partial charge < -0.3 is 10.5 Å². The lowest BCUT2D eigenvalue weighted by Gasteiger charge is -2.10. The zero-order valence-corrected chi connectivity index (χ0v) is 12.8. The average Bonchev–Trinajstić information content (AvgIpc) is 2.56. The van der Waals surface area contributed by atoms with Crippen LogP contribution in [0, 0.1) is 19.8 Å². The van der Waals surface area contributed by atoms with E-state index in [4.69, 9.17) is 10.5 Å². The van der Waals surface area contributed by atoms with Crippen molar-refractivity contribution in [3.8, 4) is 0 Å². The van der Waals surface area contributed by atoms with Gasteiger partial charge in [-0.2, -0.15) is 5.10 Å². The first-order valence-corrected chi connectivity index (χ1v) is 6.74. The number of nitrogens with two attached hydrogens (primary N) is 1. The van der Waals surface area contributed by atoms with Gasteiger partial charge in [-0.3, -0.25) is 14.3 Å². The van der Waals surface area contributed by atoms with E-state index in [1.54, 1.807) is 0 Å². The van der Waals surface area contributed by atoms with Gasteiger partial charge in [-0.25, -0.2) is 0 Å². The minimum atomic E-state index is -0.908. The number of aromatic nitrogens is 2. The smallest absolute Gasteiger partial charge is 0.311 e. The molecular weight excluding hydrogens is 258 g/mol. The third kappa shape index (κ3) is 4.08. The number of carbonyl (C=O) groups is 2. The lowest BCUT2D eigenvalue weighted by atomic mass is 10.1. The summed E-state index contributed by atoms with van der Waals surface area (Å²) in [5, 5.41) is 4.43. The predicted octanol–water partition coefficient (Wildman–Crippen LogP) is 1.12. The lowest BCUT2D eigenvalue weighted by Crippen LogP contribution is -2.31. The van der Waals surface area contributed by atoms with E-state index < -0.39 is 18.0 Å². The van der Waals surface area contributed by atoms with E-state index in [9.17, 15) is 9.59 Å². The maximum atomic E-state index is 11.8. The number of hydrogen-bond acceptors (Lipinski definition) is 4. The Kier molecular flexibility index (Phi) is 5.30. The highest BCUT2D eigenvalue weighted by atomic mass is 16.5. The number of rotatable bonds is 6. The van der Waals surface area contributed by atoms with Crippen molar-refractivity contribution in [1.82, 2.24) is 9.78 Å². The standard InChI is InChI=1S/C14H23N3O3/c1-8(2)7-17-10(4)12(9(3)16-17)6-13(18)20-11(5)14(15)19/h8,11H,6-7H2,1-5H3,(H2,15,19)/t11-/m0/s1. The molecule has 1 heterocycles. The van der Waals surface area contributed by atoms with E-state index >= 15 is 0 Å². The Labute approximate surface area is 119 Å². The number of amides is 1. The second kappa shape index (κ2) is 6.54. The van der Waals surface area contributed by atoms with Crippen LogP contribution in [0.1, 0.15) is 37.7 Å². The number of nitrogens with zero attached hydrogens (tertiary/aromatic N) is 2. The van der Waals surface area contributed by atoms with Crippen LogP contribution in [-0.2, 0) is 27.3 Å². The molecule has 1 rings (SSSR count). The molecule has 0 bridgehead atoms. The first-order chi connectivity index (χ1) is 9.22. The van der Waals surface area contributed by atoms with Gasteiger partial charge in [0.1, 0.15) is 0 Å². The van der Waals surface area contributed by atoms with Gasteiger partial charge in [0.25, 0.3) is 5.91 Å². The number of esters is 1. The quantitative estimate of drug-likeness (QED) is 0.791. The highest BCUT2D eigenvalue weighted by molar-refractivity contribution is 5.82. The maximum Gasteiger partial charge on any atom is 0.311 e. The fourth-order valence-electron chi connectivity index (χ4n) is 1.95. The lowest BCUT2D eigenvalue weighted by molar-refractivity contribution is -0.153. The van der Waals surface area contributed by atoms with Crippen LogP contribution in [-0.4, -0.2) is 27.8 Å². The van der Waals surface area contributed by atoms with Crippen LogP contribution in [0.4, 0.5) is 0 Å². The van der Waals surface area contributed by atoms with Gasteiger partial charge >= 0.3 is 5.97 Å². The fourth-order valence-corrected chi connectivity index (χ4v) is 1.95. The Morgan fingerprint density at radius 1 is 1.30 bits per heavy atom. The molecule has 0 radical (unpaired) electrons. The molecule has 1 atom stereocenters. The molecular formula is C14H23N3O3. The molecule has 6 nitrogen and oxygen atoms in total. The summed E-state index contributed by atoms with van der Waals surface area (Å²) in [5.41, 5.74) is 7.69. The average molecular weight is 281 g/mol. The van der Waals surface area contributed by atoms with Gasteiger partial charge in [-0.1, -0.05) is 13.8 Å². The van der Waals surface area contributed by atoms with Crippen molar-refractivity contribution in [3.63, 3.8) is 0 Å². The molecule has 0 fully saturated rings. The van der Waals surface area contributed by atoms with Gasteiger partial charge in [0.15, 0.2) is 6.10 Å². The summed E-state index contributed by atoms with van der Waals surface area (Å²) >= 11 is 0. The molecule has 0 aliphatic heterocycles. The van der Waals surface area contributed by atoms with Crippen molar-refractivity contribution in [2.45, 2.75) is 53.7 Å². The summed E-state index contributed by atoms with van der Waals surface area (Å²) in [6.07, 6.45) is -0.804. The Bertz CT molecular complexity index is 506. The minimum absolute atomic E-state index is 0.105. The van der Waals surface area contributed by atoms with Crippen molar-refractivity contribution in [2.24, 2.45) is 11.7 Å². The van der Waals surface area contributed by atoms with Gasteiger partial charge in [-0.05, 0) is 26.7 Å². The number of ether oxygens (including phenoxy) is 1. The molecule has 0 unspecified atom stereocenters. The second-order valence-electron chi connectivity index (χ2n) is 5.44. The normalized spacial score (nSPS) is 12.5. The summed E-state index contributed by atoms with van der Waals surface area (Å²) in [4.78, 5) is 22.7. The van der Waals surface area contributed by atoms with E-state index in [1.807, 2.05) is 18.5 Å². The van der Waals surface area contributed by atoms with Crippen LogP contribution in [0.5, 0.6) is 0 Å². The van der Waals surface area contributed by atoms with Gasteiger partial charge in [0.05, 0.1) is 12.1 Å². The van der Waals surface area contributed by atoms with Gasteiger partial charge in [0.2, 0.25) is 0 Å². The van der Waals surface area contributed by atoms with Crippen molar-refractivity contribution < 1.29 is 14.3 Å². The van der Waals surface area contributed by atoms with E-state index in [1.165, 1.54) is 6.92 Å². The van der Waals surface area contributed by atoms with Crippen LogP contribution >= 0.6 is 0 Å². The SMILES string of the molecule is Cc1nn(CC(C)C)c(C)c1CC(=O)O[C@@H](C)C(N)=O. The van der Waals surface area contributed by atoms with Crippen LogP contribution in [0.15, 0.2) is 0 Å². The Balaban J connectivity index is 2.80. The van der Waals surface area contributed by atoms with E-state index in [-0.39, 0.29) is 6.42 Å². The van der Waals surface area contributed by atoms with Crippen molar-refractivity contribution in [1.29, 1.82) is 0 Å². The number of primary amides is 1. The molecule has 6 heteroatoms. The van der Waals surface area contributed by atoms with E-state index in [2.05, 4.69) is 18.9 Å². The zero-order valence-electron chi connectivity index (χ0n) is 12.8. The van der Waals surface area contributed by atoms with Gasteiger partial charge in [0, 0.05) is 17.8 Å². The summed E-state index contributed by atoms with van der Waals surface area (Å²) in [6.45, 7) is 10.3. The maximum absolute atomic E-state index is 11.8. The van der Waals surface area contributed by atoms with Crippen LogP contribution in [0.25, 0.3) is 0 Å². The molecule has 0 spiro atoms. The van der Waals surface area contributed by atoms with Crippen molar-refractivity contribution >= 4 is 11.9 Å². The third-order valence-corrected chi connectivity index (χ3v) is 3.10. The van der Waals surface area contributed by atoms with Crippen LogP contribution in [0.2, 0.25) is 0 Å². The molecule has 1 aromatic heterocycles. The Morgan fingerprint density at radius 2 is 1.90 bits per heavy atom. The molecule has 112 valence electrons. The van der Waals surface area contributed by atoms with Gasteiger partial charge in [-0.15, -0.1) is 0 Å². The van der Waals surface area contributed by atoms with Crippen LogP contribution < -0.4 is 5.73 Å². The monoisotopic (exact) mass is 281 g/mol. The number of carbonyl (C=O) groups excluding carboxylic acids is 2. The van der Waals surface area contributed by atoms with E-state index in [0.29, 0.717) is 5.92 Å². The Morgan fingerprint density at radius 3 is 2.40 bits per heavy atom. The molecule has 0 saturated carbocycles. The summed E-state index contributed by atoms with van der Waals surface area (Å²) in [5.74, 6) is -0.642. The zero-order chi connectivity index (χ0) is 15.4. The molecule has 0 aliphatic carbocycles.